The highest BCUT2D eigenvalue weighted by Gasteiger charge is 2.25. The molecule has 1 saturated carbocycles. The van der Waals surface area contributed by atoms with Gasteiger partial charge in [-0.2, -0.15) is 0 Å². The number of ether oxygens (including phenoxy) is 1. The third kappa shape index (κ3) is 3.57. The minimum atomic E-state index is -0.502. The summed E-state index contributed by atoms with van der Waals surface area (Å²) in [6.07, 6.45) is 4.09. The highest BCUT2D eigenvalue weighted by molar-refractivity contribution is 5.99. The summed E-state index contributed by atoms with van der Waals surface area (Å²) in [4.78, 5) is 23.8. The first-order valence-corrected chi connectivity index (χ1v) is 8.22. The van der Waals surface area contributed by atoms with Crippen LogP contribution in [0.2, 0.25) is 0 Å². The second-order valence-electron chi connectivity index (χ2n) is 6.43. The Kier molecular flexibility index (Phi) is 4.41. The molecule has 0 bridgehead atoms. The maximum Gasteiger partial charge on any atom is 0.319 e. The summed E-state index contributed by atoms with van der Waals surface area (Å²) in [5.41, 5.74) is 1.21. The van der Waals surface area contributed by atoms with Gasteiger partial charge in [-0.1, -0.05) is 19.8 Å². The van der Waals surface area contributed by atoms with Crippen molar-refractivity contribution >= 4 is 23.3 Å². The van der Waals surface area contributed by atoms with Gasteiger partial charge in [0.05, 0.1) is 5.69 Å². The van der Waals surface area contributed by atoms with Crippen molar-refractivity contribution in [2.24, 2.45) is 5.92 Å². The molecule has 0 spiro atoms. The maximum absolute atomic E-state index is 12.2. The smallest absolute Gasteiger partial charge is 0.319 e. The van der Waals surface area contributed by atoms with Gasteiger partial charge in [-0.3, -0.25) is 4.79 Å². The Labute approximate surface area is 136 Å². The molecule has 1 aliphatic carbocycles. The van der Waals surface area contributed by atoms with Crippen molar-refractivity contribution in [2.75, 3.05) is 10.6 Å². The topological polar surface area (TPSA) is 79.5 Å². The Morgan fingerprint density at radius 2 is 2.04 bits per heavy atom. The van der Waals surface area contributed by atoms with Crippen molar-refractivity contribution in [2.45, 2.75) is 51.7 Å². The summed E-state index contributed by atoms with van der Waals surface area (Å²) < 4.78 is 5.50. The Morgan fingerprint density at radius 3 is 2.83 bits per heavy atom. The molecular weight excluding hydrogens is 294 g/mol. The van der Waals surface area contributed by atoms with Crippen molar-refractivity contribution in [1.82, 2.24) is 5.32 Å². The van der Waals surface area contributed by atoms with Crippen LogP contribution in [0.4, 0.5) is 16.2 Å². The fraction of sp³-hybridized carbons (Fsp3) is 0.529. The second-order valence-corrected chi connectivity index (χ2v) is 6.43. The zero-order chi connectivity index (χ0) is 16.4. The number of amides is 3. The first-order valence-electron chi connectivity index (χ1n) is 8.22. The molecule has 3 atom stereocenters. The van der Waals surface area contributed by atoms with E-state index in [0.29, 0.717) is 23.0 Å². The molecule has 6 nitrogen and oxygen atoms in total. The van der Waals surface area contributed by atoms with Gasteiger partial charge in [0.2, 0.25) is 0 Å². The maximum atomic E-state index is 12.2. The van der Waals surface area contributed by atoms with Crippen LogP contribution in [-0.2, 0) is 4.79 Å². The zero-order valence-electron chi connectivity index (χ0n) is 13.5. The molecule has 3 amide bonds. The van der Waals surface area contributed by atoms with Gasteiger partial charge in [0.25, 0.3) is 5.91 Å². The molecule has 3 rings (SSSR count). The lowest BCUT2D eigenvalue weighted by molar-refractivity contribution is -0.122. The van der Waals surface area contributed by atoms with Crippen molar-refractivity contribution in [1.29, 1.82) is 0 Å². The molecule has 1 aromatic carbocycles. The Morgan fingerprint density at radius 1 is 1.26 bits per heavy atom. The summed E-state index contributed by atoms with van der Waals surface area (Å²) in [7, 11) is 0. The van der Waals surface area contributed by atoms with Crippen LogP contribution in [-0.4, -0.2) is 24.1 Å². The lowest BCUT2D eigenvalue weighted by Gasteiger charge is -2.29. The van der Waals surface area contributed by atoms with E-state index in [4.69, 9.17) is 4.74 Å². The van der Waals surface area contributed by atoms with E-state index in [0.717, 1.165) is 19.3 Å². The van der Waals surface area contributed by atoms with E-state index < -0.39 is 6.10 Å². The summed E-state index contributed by atoms with van der Waals surface area (Å²) in [6.45, 7) is 3.88. The quantitative estimate of drug-likeness (QED) is 0.784. The number of nitrogens with one attached hydrogen (secondary N) is 3. The molecule has 0 aromatic heterocycles. The van der Waals surface area contributed by atoms with Gasteiger partial charge in [-0.15, -0.1) is 0 Å². The number of benzene rings is 1. The largest absolute Gasteiger partial charge is 0.479 e. The zero-order valence-corrected chi connectivity index (χ0v) is 13.5. The van der Waals surface area contributed by atoms with Crippen LogP contribution in [0.1, 0.15) is 39.5 Å². The molecule has 1 aromatic rings. The van der Waals surface area contributed by atoms with E-state index in [2.05, 4.69) is 22.9 Å². The molecule has 6 heteroatoms. The molecule has 0 saturated heterocycles. The summed E-state index contributed by atoms with van der Waals surface area (Å²) >= 11 is 0. The van der Waals surface area contributed by atoms with Crippen LogP contribution in [0.3, 0.4) is 0 Å². The summed E-state index contributed by atoms with van der Waals surface area (Å²) in [5, 5.41) is 8.65. The normalized spacial score (nSPS) is 26.5. The molecule has 2 aliphatic rings. The fourth-order valence-electron chi connectivity index (χ4n) is 3.15. The van der Waals surface area contributed by atoms with Crippen LogP contribution < -0.4 is 20.7 Å². The number of anilines is 2. The molecule has 1 fully saturated rings. The van der Waals surface area contributed by atoms with Crippen LogP contribution in [0, 0.1) is 5.92 Å². The van der Waals surface area contributed by atoms with Gasteiger partial charge in [0.1, 0.15) is 5.75 Å². The van der Waals surface area contributed by atoms with Gasteiger partial charge in [-0.05, 0) is 43.9 Å². The van der Waals surface area contributed by atoms with Gasteiger partial charge in [0, 0.05) is 11.7 Å². The van der Waals surface area contributed by atoms with Crippen molar-refractivity contribution < 1.29 is 14.3 Å². The lowest BCUT2D eigenvalue weighted by Crippen LogP contribution is -2.43. The van der Waals surface area contributed by atoms with Crippen molar-refractivity contribution in [3.63, 3.8) is 0 Å². The number of urea groups is 1. The Balaban J connectivity index is 1.63. The predicted molar refractivity (Wildman–Crippen MR) is 88.7 cm³/mol. The predicted octanol–water partition coefficient (Wildman–Crippen LogP) is 3.11. The SMILES string of the molecule is C[C@@H]1Oc2ccc(NC(=O)N[C@@H]3CCCC[C@@H]3C)cc2NC1=O. The number of carbonyl (C=O) groups excluding carboxylic acids is 2. The minimum absolute atomic E-state index is 0.185. The molecule has 0 radical (unpaired) electrons. The van der Waals surface area contributed by atoms with Crippen LogP contribution >= 0.6 is 0 Å². The van der Waals surface area contributed by atoms with Crippen molar-refractivity contribution in [3.05, 3.63) is 18.2 Å². The standard InChI is InChI=1S/C17H23N3O3/c1-10-5-3-4-6-13(10)20-17(22)18-12-7-8-15-14(9-12)19-16(21)11(2)23-15/h7-11,13H,3-6H2,1-2H3,(H,19,21)(H2,18,20,22)/t10-,11-,13+/m0/s1. The van der Waals surface area contributed by atoms with Gasteiger partial charge in [-0.25, -0.2) is 4.79 Å². The van der Waals surface area contributed by atoms with E-state index in [1.165, 1.54) is 6.42 Å². The third-order valence-electron chi connectivity index (χ3n) is 4.60. The van der Waals surface area contributed by atoms with E-state index in [9.17, 15) is 9.59 Å². The molecule has 23 heavy (non-hydrogen) atoms. The molecule has 0 unspecified atom stereocenters. The number of hydrogen-bond acceptors (Lipinski definition) is 3. The van der Waals surface area contributed by atoms with Crippen LogP contribution in [0.25, 0.3) is 0 Å². The molecule has 124 valence electrons. The van der Waals surface area contributed by atoms with Gasteiger partial charge < -0.3 is 20.7 Å². The molecule has 3 N–H and O–H groups in total. The average molecular weight is 317 g/mol. The number of carbonyl (C=O) groups is 2. The summed E-state index contributed by atoms with van der Waals surface area (Å²) in [5.74, 6) is 0.936. The highest BCUT2D eigenvalue weighted by Crippen LogP contribution is 2.32. The molecule has 1 aliphatic heterocycles. The van der Waals surface area contributed by atoms with Gasteiger partial charge >= 0.3 is 6.03 Å². The van der Waals surface area contributed by atoms with Crippen LogP contribution in [0.5, 0.6) is 5.75 Å². The minimum Gasteiger partial charge on any atom is -0.479 e. The highest BCUT2D eigenvalue weighted by atomic mass is 16.5. The average Bonchev–Trinajstić information content (AvgIpc) is 2.51. The van der Waals surface area contributed by atoms with Crippen LogP contribution in [0.15, 0.2) is 18.2 Å². The third-order valence-corrected chi connectivity index (χ3v) is 4.60. The van der Waals surface area contributed by atoms with Gasteiger partial charge in [0.15, 0.2) is 6.10 Å². The number of rotatable bonds is 2. The van der Waals surface area contributed by atoms with E-state index in [-0.39, 0.29) is 18.0 Å². The monoisotopic (exact) mass is 317 g/mol. The first-order chi connectivity index (χ1) is 11.0. The molecular formula is C17H23N3O3. The fourth-order valence-corrected chi connectivity index (χ4v) is 3.15. The van der Waals surface area contributed by atoms with Crippen molar-refractivity contribution in [3.8, 4) is 5.75 Å². The Bertz CT molecular complexity index is 617. The van der Waals surface area contributed by atoms with E-state index in [1.807, 2.05) is 0 Å². The van der Waals surface area contributed by atoms with E-state index in [1.54, 1.807) is 25.1 Å². The Hall–Kier alpha value is -2.24. The van der Waals surface area contributed by atoms with E-state index >= 15 is 0 Å². The lowest BCUT2D eigenvalue weighted by atomic mass is 9.86. The number of fused-ring (bicyclic) bond motifs is 1. The molecule has 1 heterocycles. The summed E-state index contributed by atoms with van der Waals surface area (Å²) in [6, 6.07) is 5.26. The second kappa shape index (κ2) is 6.48. The number of hydrogen-bond donors (Lipinski definition) is 3. The first kappa shape index (κ1) is 15.6.